The van der Waals surface area contributed by atoms with E-state index in [0.717, 1.165) is 22.8 Å². The molecule has 1 aromatic carbocycles. The lowest BCUT2D eigenvalue weighted by atomic mass is 10.0. The Kier molecular flexibility index (Phi) is 4.94. The molecule has 3 nitrogen and oxygen atoms in total. The molecule has 0 saturated heterocycles. The summed E-state index contributed by atoms with van der Waals surface area (Å²) < 4.78 is 2.01. The van der Waals surface area contributed by atoms with Gasteiger partial charge in [0.05, 0.1) is 17.3 Å². The number of anilines is 1. The van der Waals surface area contributed by atoms with Gasteiger partial charge in [0.2, 0.25) is 0 Å². The van der Waals surface area contributed by atoms with Gasteiger partial charge < -0.3 is 4.90 Å². The summed E-state index contributed by atoms with van der Waals surface area (Å²) in [6.07, 6.45) is 0. The van der Waals surface area contributed by atoms with Gasteiger partial charge in [-0.3, -0.25) is 0 Å². The van der Waals surface area contributed by atoms with Gasteiger partial charge in [-0.25, -0.2) is 4.68 Å². The largest absolute Gasteiger partial charge is 0.356 e. The average molecular weight is 306 g/mol. The number of nitrogens with zero attached hydrogens (tertiary/aromatic N) is 3. The minimum absolute atomic E-state index is 0.408. The van der Waals surface area contributed by atoms with Crippen LogP contribution in [-0.2, 0) is 5.88 Å². The molecule has 4 heteroatoms. The Bertz CT molecular complexity index is 590. The van der Waals surface area contributed by atoms with E-state index >= 15 is 0 Å². The molecule has 2 rings (SSSR count). The van der Waals surface area contributed by atoms with Crippen molar-refractivity contribution in [1.82, 2.24) is 9.78 Å². The van der Waals surface area contributed by atoms with Crippen LogP contribution in [0, 0.1) is 12.8 Å². The molecule has 2 aromatic rings. The van der Waals surface area contributed by atoms with Crippen LogP contribution in [0.1, 0.15) is 32.0 Å². The molecule has 0 aliphatic heterocycles. The minimum Gasteiger partial charge on any atom is -0.356 e. The molecule has 0 amide bonds. The number of hydrogen-bond acceptors (Lipinski definition) is 2. The van der Waals surface area contributed by atoms with Crippen molar-refractivity contribution in [1.29, 1.82) is 0 Å². The summed E-state index contributed by atoms with van der Waals surface area (Å²) in [5.74, 6) is 2.12. The number of aryl methyl sites for hydroxylation is 1. The van der Waals surface area contributed by atoms with Crippen LogP contribution in [-0.4, -0.2) is 22.9 Å². The van der Waals surface area contributed by atoms with E-state index in [1.807, 2.05) is 29.8 Å². The molecule has 114 valence electrons. The minimum atomic E-state index is 0.408. The molecule has 1 unspecified atom stereocenters. The number of hydrogen-bond donors (Lipinski definition) is 0. The van der Waals surface area contributed by atoms with E-state index in [0.29, 0.717) is 17.8 Å². The summed E-state index contributed by atoms with van der Waals surface area (Å²) >= 11 is 6.19. The van der Waals surface area contributed by atoms with Gasteiger partial charge in [-0.1, -0.05) is 32.0 Å². The molecule has 0 radical (unpaired) electrons. The van der Waals surface area contributed by atoms with Gasteiger partial charge in [0.15, 0.2) is 0 Å². The zero-order valence-corrected chi connectivity index (χ0v) is 14.2. The summed E-state index contributed by atoms with van der Waals surface area (Å²) in [5.41, 5.74) is 3.16. The maximum absolute atomic E-state index is 6.19. The Hall–Kier alpha value is -1.48. The number of halogens is 1. The third-order valence-electron chi connectivity index (χ3n) is 4.20. The Balaban J connectivity index is 2.57. The summed E-state index contributed by atoms with van der Waals surface area (Å²) in [7, 11) is 2.12. The summed E-state index contributed by atoms with van der Waals surface area (Å²) in [6.45, 7) is 8.73. The zero-order chi connectivity index (χ0) is 15.6. The van der Waals surface area contributed by atoms with Crippen LogP contribution in [0.3, 0.4) is 0 Å². The Morgan fingerprint density at radius 3 is 2.33 bits per heavy atom. The third kappa shape index (κ3) is 3.08. The molecule has 0 aliphatic carbocycles. The summed E-state index contributed by atoms with van der Waals surface area (Å²) in [4.78, 5) is 2.29. The second-order valence-corrected chi connectivity index (χ2v) is 6.13. The van der Waals surface area contributed by atoms with Gasteiger partial charge in [-0.05, 0) is 31.9 Å². The first kappa shape index (κ1) is 15.9. The van der Waals surface area contributed by atoms with Crippen molar-refractivity contribution in [2.45, 2.75) is 39.6 Å². The number of aromatic nitrogens is 2. The van der Waals surface area contributed by atoms with Crippen molar-refractivity contribution >= 4 is 17.4 Å². The van der Waals surface area contributed by atoms with Crippen molar-refractivity contribution in [3.63, 3.8) is 0 Å². The molecule has 0 aliphatic rings. The third-order valence-corrected chi connectivity index (χ3v) is 4.47. The average Bonchev–Trinajstić information content (AvgIpc) is 2.83. The van der Waals surface area contributed by atoms with E-state index in [1.165, 1.54) is 0 Å². The molecule has 0 bridgehead atoms. The number of benzene rings is 1. The maximum Gasteiger partial charge on any atom is 0.137 e. The van der Waals surface area contributed by atoms with Crippen LogP contribution in [0.4, 0.5) is 5.82 Å². The highest BCUT2D eigenvalue weighted by atomic mass is 35.5. The van der Waals surface area contributed by atoms with Crippen LogP contribution in [0.2, 0.25) is 0 Å². The second kappa shape index (κ2) is 6.52. The molecule has 1 atom stereocenters. The Morgan fingerprint density at radius 1 is 1.19 bits per heavy atom. The highest BCUT2D eigenvalue weighted by molar-refractivity contribution is 6.17. The topological polar surface area (TPSA) is 21.1 Å². The summed E-state index contributed by atoms with van der Waals surface area (Å²) in [6, 6.07) is 10.6. The quantitative estimate of drug-likeness (QED) is 0.763. The highest BCUT2D eigenvalue weighted by Gasteiger charge is 2.23. The van der Waals surface area contributed by atoms with E-state index in [1.54, 1.807) is 0 Å². The van der Waals surface area contributed by atoms with Gasteiger partial charge in [0.1, 0.15) is 5.82 Å². The molecule has 0 N–H and O–H groups in total. The highest BCUT2D eigenvalue weighted by Crippen LogP contribution is 2.30. The van der Waals surface area contributed by atoms with Crippen molar-refractivity contribution in [3.05, 3.63) is 41.6 Å². The predicted octanol–water partition coefficient (Wildman–Crippen LogP) is 4.40. The zero-order valence-electron chi connectivity index (χ0n) is 13.5. The van der Waals surface area contributed by atoms with Crippen LogP contribution >= 0.6 is 11.6 Å². The number of alkyl halides is 1. The molecule has 21 heavy (non-hydrogen) atoms. The smallest absolute Gasteiger partial charge is 0.137 e. The van der Waals surface area contributed by atoms with E-state index in [2.05, 4.69) is 44.9 Å². The van der Waals surface area contributed by atoms with Crippen molar-refractivity contribution < 1.29 is 0 Å². The van der Waals surface area contributed by atoms with Crippen LogP contribution in [0.5, 0.6) is 0 Å². The fourth-order valence-electron chi connectivity index (χ4n) is 2.46. The first-order valence-corrected chi connectivity index (χ1v) is 7.93. The van der Waals surface area contributed by atoms with E-state index < -0.39 is 0 Å². The van der Waals surface area contributed by atoms with Crippen LogP contribution in [0.15, 0.2) is 30.3 Å². The van der Waals surface area contributed by atoms with E-state index in [4.69, 9.17) is 16.7 Å². The van der Waals surface area contributed by atoms with Crippen molar-refractivity contribution in [2.75, 3.05) is 11.9 Å². The van der Waals surface area contributed by atoms with Gasteiger partial charge in [-0.15, -0.1) is 11.6 Å². The van der Waals surface area contributed by atoms with Gasteiger partial charge >= 0.3 is 0 Å². The lowest BCUT2D eigenvalue weighted by Gasteiger charge is -2.31. The Labute approximate surface area is 132 Å². The second-order valence-electron chi connectivity index (χ2n) is 5.86. The first-order chi connectivity index (χ1) is 9.97. The van der Waals surface area contributed by atoms with E-state index in [9.17, 15) is 0 Å². The van der Waals surface area contributed by atoms with Crippen LogP contribution < -0.4 is 4.90 Å². The van der Waals surface area contributed by atoms with E-state index in [-0.39, 0.29) is 0 Å². The lowest BCUT2D eigenvalue weighted by Crippen LogP contribution is -2.35. The van der Waals surface area contributed by atoms with Gasteiger partial charge in [0, 0.05) is 18.7 Å². The maximum atomic E-state index is 6.19. The molecule has 0 fully saturated rings. The van der Waals surface area contributed by atoms with Gasteiger partial charge in [-0.2, -0.15) is 5.10 Å². The molecular formula is C17H24ClN3. The van der Waals surface area contributed by atoms with Crippen LogP contribution in [0.25, 0.3) is 5.69 Å². The van der Waals surface area contributed by atoms with Gasteiger partial charge in [0.25, 0.3) is 0 Å². The fourth-order valence-corrected chi connectivity index (χ4v) is 2.77. The predicted molar refractivity (Wildman–Crippen MR) is 90.6 cm³/mol. The first-order valence-electron chi connectivity index (χ1n) is 7.40. The summed E-state index contributed by atoms with van der Waals surface area (Å²) in [5, 5.41) is 4.71. The van der Waals surface area contributed by atoms with Crippen molar-refractivity contribution in [2.24, 2.45) is 5.92 Å². The number of rotatable bonds is 5. The molecule has 1 heterocycles. The fraction of sp³-hybridized carbons (Fsp3) is 0.471. The number of para-hydroxylation sites is 1. The Morgan fingerprint density at radius 2 is 1.81 bits per heavy atom. The SMILES string of the molecule is Cc1nn(-c2ccccc2)c(N(C)C(C)C(C)C)c1CCl. The molecular weight excluding hydrogens is 282 g/mol. The molecule has 0 spiro atoms. The molecule has 0 saturated carbocycles. The standard InChI is InChI=1S/C17H24ClN3/c1-12(2)14(4)20(5)17-16(11-18)13(3)19-21(17)15-9-7-6-8-10-15/h6-10,12,14H,11H2,1-5H3. The lowest BCUT2D eigenvalue weighted by molar-refractivity contribution is 0.499. The molecule has 1 aromatic heterocycles. The monoisotopic (exact) mass is 305 g/mol. The normalized spacial score (nSPS) is 12.7. The van der Waals surface area contributed by atoms with Crippen molar-refractivity contribution in [3.8, 4) is 5.69 Å².